The van der Waals surface area contributed by atoms with E-state index in [2.05, 4.69) is 24.0 Å². The first kappa shape index (κ1) is 12.5. The number of hydrogen-bond acceptors (Lipinski definition) is 3. The standard InChI is InChI=1S/C12H19N3OS/c1-7-5-15(6-8(2)17-7)12(16)11-9(3)13-14-10(11)4/h7-8H,5-6H2,1-4H3,(H,13,14). The van der Waals surface area contributed by atoms with Crippen LogP contribution in [0.1, 0.15) is 35.6 Å². The van der Waals surface area contributed by atoms with Gasteiger partial charge in [0.05, 0.1) is 11.3 Å². The molecule has 1 amide bonds. The van der Waals surface area contributed by atoms with Gasteiger partial charge in [0.1, 0.15) is 0 Å². The summed E-state index contributed by atoms with van der Waals surface area (Å²) in [5, 5.41) is 7.99. The minimum Gasteiger partial charge on any atom is -0.336 e. The first-order chi connectivity index (χ1) is 7.99. The van der Waals surface area contributed by atoms with E-state index in [0.717, 1.165) is 30.0 Å². The lowest BCUT2D eigenvalue weighted by Crippen LogP contribution is -2.44. The third kappa shape index (κ3) is 2.49. The Bertz CT molecular complexity index is 400. The van der Waals surface area contributed by atoms with E-state index in [1.807, 2.05) is 30.5 Å². The van der Waals surface area contributed by atoms with Crippen molar-refractivity contribution in [3.63, 3.8) is 0 Å². The zero-order valence-corrected chi connectivity index (χ0v) is 11.6. The minimum absolute atomic E-state index is 0.118. The number of carbonyl (C=O) groups excluding carboxylic acids is 1. The molecule has 2 atom stereocenters. The zero-order valence-electron chi connectivity index (χ0n) is 10.8. The number of nitrogens with zero attached hydrogens (tertiary/aromatic N) is 2. The van der Waals surface area contributed by atoms with Crippen LogP contribution in [0.2, 0.25) is 0 Å². The molecule has 4 nitrogen and oxygen atoms in total. The first-order valence-electron chi connectivity index (χ1n) is 5.95. The Labute approximate surface area is 106 Å². The molecule has 1 aromatic rings. The second-order valence-corrected chi connectivity index (χ2v) is 6.66. The van der Waals surface area contributed by atoms with Crippen LogP contribution < -0.4 is 0 Å². The van der Waals surface area contributed by atoms with E-state index >= 15 is 0 Å². The number of nitrogens with one attached hydrogen (secondary N) is 1. The van der Waals surface area contributed by atoms with Crippen LogP contribution in [-0.2, 0) is 0 Å². The maximum absolute atomic E-state index is 12.5. The molecule has 1 aromatic heterocycles. The molecule has 2 heterocycles. The van der Waals surface area contributed by atoms with Crippen LogP contribution in [-0.4, -0.2) is 44.6 Å². The van der Waals surface area contributed by atoms with Crippen molar-refractivity contribution in [3.8, 4) is 0 Å². The molecule has 0 aliphatic carbocycles. The molecule has 2 unspecified atom stereocenters. The van der Waals surface area contributed by atoms with Crippen molar-refractivity contribution in [1.29, 1.82) is 0 Å². The van der Waals surface area contributed by atoms with Gasteiger partial charge in [-0.1, -0.05) is 13.8 Å². The van der Waals surface area contributed by atoms with Crippen LogP contribution in [0.15, 0.2) is 0 Å². The Morgan fingerprint density at radius 3 is 2.41 bits per heavy atom. The number of H-pyrrole nitrogens is 1. The topological polar surface area (TPSA) is 49.0 Å². The van der Waals surface area contributed by atoms with Crippen molar-refractivity contribution >= 4 is 17.7 Å². The summed E-state index contributed by atoms with van der Waals surface area (Å²) < 4.78 is 0. The average Bonchev–Trinajstić information content (AvgIpc) is 2.56. The number of aromatic amines is 1. The van der Waals surface area contributed by atoms with Crippen molar-refractivity contribution in [2.24, 2.45) is 0 Å². The summed E-state index contributed by atoms with van der Waals surface area (Å²) in [6.07, 6.45) is 0. The van der Waals surface area contributed by atoms with Crippen LogP contribution in [0.4, 0.5) is 0 Å². The highest BCUT2D eigenvalue weighted by Crippen LogP contribution is 2.26. The van der Waals surface area contributed by atoms with Gasteiger partial charge in [0.15, 0.2) is 0 Å². The Balaban J connectivity index is 2.20. The van der Waals surface area contributed by atoms with Crippen LogP contribution >= 0.6 is 11.8 Å². The van der Waals surface area contributed by atoms with Gasteiger partial charge in [-0.05, 0) is 13.8 Å². The van der Waals surface area contributed by atoms with Crippen LogP contribution in [0.3, 0.4) is 0 Å². The van der Waals surface area contributed by atoms with Gasteiger partial charge < -0.3 is 4.90 Å². The van der Waals surface area contributed by atoms with Crippen LogP contribution in [0, 0.1) is 13.8 Å². The summed E-state index contributed by atoms with van der Waals surface area (Å²) in [5.41, 5.74) is 2.41. The fourth-order valence-electron chi connectivity index (χ4n) is 2.37. The molecular weight excluding hydrogens is 234 g/mol. The summed E-state index contributed by atoms with van der Waals surface area (Å²) >= 11 is 1.95. The molecule has 1 fully saturated rings. The fraction of sp³-hybridized carbons (Fsp3) is 0.667. The van der Waals surface area contributed by atoms with Gasteiger partial charge >= 0.3 is 0 Å². The van der Waals surface area contributed by atoms with Gasteiger partial charge in [0.2, 0.25) is 0 Å². The van der Waals surface area contributed by atoms with Crippen molar-refractivity contribution in [3.05, 3.63) is 17.0 Å². The lowest BCUT2D eigenvalue weighted by atomic mass is 10.1. The maximum atomic E-state index is 12.5. The molecule has 0 saturated carbocycles. The minimum atomic E-state index is 0.118. The lowest BCUT2D eigenvalue weighted by Gasteiger charge is -2.34. The van der Waals surface area contributed by atoms with Gasteiger partial charge in [0, 0.05) is 29.3 Å². The number of carbonyl (C=O) groups is 1. The van der Waals surface area contributed by atoms with Crippen molar-refractivity contribution in [2.45, 2.75) is 38.2 Å². The number of aromatic nitrogens is 2. The van der Waals surface area contributed by atoms with E-state index in [9.17, 15) is 4.79 Å². The molecule has 2 rings (SSSR count). The van der Waals surface area contributed by atoms with Crippen LogP contribution in [0.25, 0.3) is 0 Å². The summed E-state index contributed by atoms with van der Waals surface area (Å²) in [7, 11) is 0. The molecule has 1 N–H and O–H groups in total. The monoisotopic (exact) mass is 253 g/mol. The van der Waals surface area contributed by atoms with Crippen molar-refractivity contribution < 1.29 is 4.79 Å². The fourth-order valence-corrected chi connectivity index (χ4v) is 3.69. The number of hydrogen-bond donors (Lipinski definition) is 1. The summed E-state index contributed by atoms with van der Waals surface area (Å²) in [4.78, 5) is 14.4. The highest BCUT2D eigenvalue weighted by Gasteiger charge is 2.28. The van der Waals surface area contributed by atoms with Gasteiger partial charge in [-0.25, -0.2) is 0 Å². The Morgan fingerprint density at radius 1 is 1.35 bits per heavy atom. The SMILES string of the molecule is Cc1n[nH]c(C)c1C(=O)N1CC(C)SC(C)C1. The normalized spacial score (nSPS) is 25.1. The van der Waals surface area contributed by atoms with Crippen molar-refractivity contribution in [1.82, 2.24) is 15.1 Å². The maximum Gasteiger partial charge on any atom is 0.257 e. The smallest absolute Gasteiger partial charge is 0.257 e. The van der Waals surface area contributed by atoms with E-state index in [1.165, 1.54) is 0 Å². The highest BCUT2D eigenvalue weighted by atomic mass is 32.2. The summed E-state index contributed by atoms with van der Waals surface area (Å²) in [6, 6.07) is 0. The van der Waals surface area contributed by atoms with Crippen molar-refractivity contribution in [2.75, 3.05) is 13.1 Å². The molecule has 0 spiro atoms. The zero-order chi connectivity index (χ0) is 12.6. The van der Waals surface area contributed by atoms with E-state index < -0.39 is 0 Å². The molecule has 0 radical (unpaired) electrons. The summed E-state index contributed by atoms with van der Waals surface area (Å²) in [6.45, 7) is 9.79. The molecule has 1 aliphatic heterocycles. The molecule has 1 saturated heterocycles. The predicted octanol–water partition coefficient (Wildman–Crippen LogP) is 1.99. The van der Waals surface area contributed by atoms with E-state index in [-0.39, 0.29) is 5.91 Å². The quantitative estimate of drug-likeness (QED) is 0.832. The molecule has 5 heteroatoms. The number of thioether (sulfide) groups is 1. The number of amides is 1. The third-order valence-corrected chi connectivity index (χ3v) is 4.28. The molecular formula is C12H19N3OS. The third-order valence-electron chi connectivity index (χ3n) is 3.05. The Morgan fingerprint density at radius 2 is 1.94 bits per heavy atom. The van der Waals surface area contributed by atoms with E-state index in [0.29, 0.717) is 10.5 Å². The van der Waals surface area contributed by atoms with Gasteiger partial charge in [-0.15, -0.1) is 0 Å². The second-order valence-electron chi connectivity index (χ2n) is 4.78. The lowest BCUT2D eigenvalue weighted by molar-refractivity contribution is 0.0752. The summed E-state index contributed by atoms with van der Waals surface area (Å²) in [5.74, 6) is 0.118. The predicted molar refractivity (Wildman–Crippen MR) is 70.5 cm³/mol. The largest absolute Gasteiger partial charge is 0.336 e. The highest BCUT2D eigenvalue weighted by molar-refractivity contribution is 8.00. The van der Waals surface area contributed by atoms with Gasteiger partial charge in [0.25, 0.3) is 5.91 Å². The van der Waals surface area contributed by atoms with E-state index in [4.69, 9.17) is 0 Å². The average molecular weight is 253 g/mol. The van der Waals surface area contributed by atoms with Gasteiger partial charge in [-0.2, -0.15) is 16.9 Å². The molecule has 94 valence electrons. The molecule has 1 aliphatic rings. The Kier molecular flexibility index (Phi) is 3.47. The Hall–Kier alpha value is -0.970. The number of rotatable bonds is 1. The second kappa shape index (κ2) is 4.72. The number of aryl methyl sites for hydroxylation is 2. The molecule has 0 aromatic carbocycles. The van der Waals surface area contributed by atoms with Crippen LogP contribution in [0.5, 0.6) is 0 Å². The first-order valence-corrected chi connectivity index (χ1v) is 6.89. The van der Waals surface area contributed by atoms with E-state index in [1.54, 1.807) is 0 Å². The molecule has 17 heavy (non-hydrogen) atoms. The molecule has 0 bridgehead atoms. The van der Waals surface area contributed by atoms with Gasteiger partial charge in [-0.3, -0.25) is 9.89 Å².